The number of esters is 1. The lowest BCUT2D eigenvalue weighted by atomic mass is 10.1. The molecule has 98 valence electrons. The van der Waals surface area contributed by atoms with Crippen molar-refractivity contribution >= 4 is 29.3 Å². The van der Waals surface area contributed by atoms with Crippen LogP contribution in [0.1, 0.15) is 15.9 Å². The average molecular weight is 268 g/mol. The van der Waals surface area contributed by atoms with Crippen LogP contribution in [0.15, 0.2) is 18.2 Å². The van der Waals surface area contributed by atoms with Crippen molar-refractivity contribution in [2.45, 2.75) is 5.75 Å². The highest BCUT2D eigenvalue weighted by Crippen LogP contribution is 2.22. The summed E-state index contributed by atoms with van der Waals surface area (Å²) in [6.07, 6.45) is 0. The van der Waals surface area contributed by atoms with Crippen molar-refractivity contribution in [3.63, 3.8) is 0 Å². The minimum absolute atomic E-state index is 0.0523. The number of thioether (sulfide) groups is 1. The number of carbonyl (C=O) groups excluding carboxylic acids is 2. The fourth-order valence-electron chi connectivity index (χ4n) is 1.42. The van der Waals surface area contributed by atoms with E-state index in [-0.39, 0.29) is 5.91 Å². The van der Waals surface area contributed by atoms with Gasteiger partial charge in [-0.05, 0) is 11.6 Å². The quantitative estimate of drug-likeness (QED) is 0.616. The van der Waals surface area contributed by atoms with E-state index in [1.807, 2.05) is 0 Å². The van der Waals surface area contributed by atoms with Gasteiger partial charge in [0.2, 0.25) is 5.91 Å². The minimum atomic E-state index is -0.455. The second-order valence-electron chi connectivity index (χ2n) is 3.54. The van der Waals surface area contributed by atoms with Crippen LogP contribution in [-0.4, -0.2) is 31.8 Å². The molecule has 1 rings (SSSR count). The van der Waals surface area contributed by atoms with Crippen LogP contribution in [0.25, 0.3) is 0 Å². The lowest BCUT2D eigenvalue weighted by Gasteiger charge is -2.10. The molecule has 0 heterocycles. The van der Waals surface area contributed by atoms with Crippen molar-refractivity contribution in [2.24, 2.45) is 0 Å². The van der Waals surface area contributed by atoms with Crippen molar-refractivity contribution in [1.82, 2.24) is 5.32 Å². The Kier molecular flexibility index (Phi) is 5.51. The summed E-state index contributed by atoms with van der Waals surface area (Å²) >= 11 is 1.41. The number of rotatable bonds is 5. The van der Waals surface area contributed by atoms with E-state index in [4.69, 9.17) is 10.5 Å². The average Bonchev–Trinajstić information content (AvgIpc) is 2.37. The largest absolute Gasteiger partial charge is 0.465 e. The Labute approximate surface area is 110 Å². The summed E-state index contributed by atoms with van der Waals surface area (Å²) in [6, 6.07) is 5.23. The SMILES string of the molecule is CNC(=O)CSCc1cccc(N)c1C(=O)OC. The van der Waals surface area contributed by atoms with E-state index in [0.717, 1.165) is 5.56 Å². The molecule has 0 radical (unpaired) electrons. The summed E-state index contributed by atoms with van der Waals surface area (Å²) < 4.78 is 4.70. The number of amides is 1. The van der Waals surface area contributed by atoms with Gasteiger partial charge in [0.05, 0.1) is 18.4 Å². The molecule has 0 bridgehead atoms. The Morgan fingerprint density at radius 3 is 2.78 bits per heavy atom. The summed E-state index contributed by atoms with van der Waals surface area (Å²) in [5.41, 5.74) is 7.31. The number of anilines is 1. The zero-order valence-corrected chi connectivity index (χ0v) is 11.2. The first-order valence-electron chi connectivity index (χ1n) is 5.34. The molecule has 5 nitrogen and oxygen atoms in total. The Morgan fingerprint density at radius 1 is 1.44 bits per heavy atom. The summed E-state index contributed by atoms with van der Waals surface area (Å²) in [4.78, 5) is 22.7. The number of ether oxygens (including phenoxy) is 1. The van der Waals surface area contributed by atoms with E-state index in [1.54, 1.807) is 25.2 Å². The van der Waals surface area contributed by atoms with Gasteiger partial charge in [-0.1, -0.05) is 12.1 Å². The number of nitrogens with one attached hydrogen (secondary N) is 1. The lowest BCUT2D eigenvalue weighted by Crippen LogP contribution is -2.20. The first-order valence-corrected chi connectivity index (χ1v) is 6.49. The highest BCUT2D eigenvalue weighted by molar-refractivity contribution is 7.99. The van der Waals surface area contributed by atoms with E-state index in [2.05, 4.69) is 5.32 Å². The third kappa shape index (κ3) is 3.66. The molecule has 0 aliphatic rings. The van der Waals surface area contributed by atoms with Crippen LogP contribution in [0.4, 0.5) is 5.69 Å². The van der Waals surface area contributed by atoms with Crippen molar-refractivity contribution < 1.29 is 14.3 Å². The van der Waals surface area contributed by atoms with Gasteiger partial charge in [0, 0.05) is 18.5 Å². The van der Waals surface area contributed by atoms with Gasteiger partial charge in [0.1, 0.15) is 0 Å². The molecule has 0 aliphatic heterocycles. The highest BCUT2D eigenvalue weighted by atomic mass is 32.2. The summed E-state index contributed by atoms with van der Waals surface area (Å²) in [6.45, 7) is 0. The molecule has 0 saturated carbocycles. The molecule has 0 fully saturated rings. The summed E-state index contributed by atoms with van der Waals surface area (Å²) in [7, 11) is 2.90. The molecular formula is C12H16N2O3S. The maximum absolute atomic E-state index is 11.6. The third-order valence-electron chi connectivity index (χ3n) is 2.34. The number of benzene rings is 1. The van der Waals surface area contributed by atoms with Crippen LogP contribution >= 0.6 is 11.8 Å². The van der Waals surface area contributed by atoms with Gasteiger partial charge in [0.25, 0.3) is 0 Å². The van der Waals surface area contributed by atoms with Crippen molar-refractivity contribution in [2.75, 3.05) is 25.6 Å². The minimum Gasteiger partial charge on any atom is -0.465 e. The van der Waals surface area contributed by atoms with Crippen LogP contribution in [0.2, 0.25) is 0 Å². The predicted molar refractivity (Wildman–Crippen MR) is 72.4 cm³/mol. The van der Waals surface area contributed by atoms with E-state index in [0.29, 0.717) is 22.8 Å². The van der Waals surface area contributed by atoms with E-state index in [1.165, 1.54) is 18.9 Å². The van der Waals surface area contributed by atoms with Gasteiger partial charge in [0.15, 0.2) is 0 Å². The third-order valence-corrected chi connectivity index (χ3v) is 3.32. The van der Waals surface area contributed by atoms with Crippen molar-refractivity contribution in [3.05, 3.63) is 29.3 Å². The first-order chi connectivity index (χ1) is 8.60. The smallest absolute Gasteiger partial charge is 0.340 e. The van der Waals surface area contributed by atoms with E-state index < -0.39 is 5.97 Å². The van der Waals surface area contributed by atoms with E-state index >= 15 is 0 Å². The normalized spacial score (nSPS) is 9.89. The molecule has 0 atom stereocenters. The topological polar surface area (TPSA) is 81.4 Å². The molecule has 0 spiro atoms. The number of hydrogen-bond donors (Lipinski definition) is 2. The summed E-state index contributed by atoms with van der Waals surface area (Å²) in [5, 5.41) is 2.54. The Morgan fingerprint density at radius 2 is 2.17 bits per heavy atom. The molecule has 18 heavy (non-hydrogen) atoms. The second-order valence-corrected chi connectivity index (χ2v) is 4.52. The van der Waals surface area contributed by atoms with Gasteiger partial charge in [-0.15, -0.1) is 11.8 Å². The molecule has 1 amide bonds. The zero-order chi connectivity index (χ0) is 13.5. The van der Waals surface area contributed by atoms with E-state index in [9.17, 15) is 9.59 Å². The first kappa shape index (κ1) is 14.4. The molecule has 0 unspecified atom stereocenters. The standard InChI is InChI=1S/C12H16N2O3S/c1-14-10(15)7-18-6-8-4-3-5-9(13)11(8)12(16)17-2/h3-5H,6-7,13H2,1-2H3,(H,14,15). The highest BCUT2D eigenvalue weighted by Gasteiger charge is 2.15. The van der Waals surface area contributed by atoms with Gasteiger partial charge in [-0.3, -0.25) is 4.79 Å². The molecular weight excluding hydrogens is 252 g/mol. The van der Waals surface area contributed by atoms with Gasteiger partial charge in [-0.2, -0.15) is 0 Å². The monoisotopic (exact) mass is 268 g/mol. The number of hydrogen-bond acceptors (Lipinski definition) is 5. The Hall–Kier alpha value is -1.69. The number of nitrogens with two attached hydrogens (primary N) is 1. The molecule has 6 heteroatoms. The van der Waals surface area contributed by atoms with Crippen LogP contribution in [0.5, 0.6) is 0 Å². The maximum Gasteiger partial charge on any atom is 0.340 e. The molecule has 3 N–H and O–H groups in total. The lowest BCUT2D eigenvalue weighted by molar-refractivity contribution is -0.118. The molecule has 0 aromatic heterocycles. The molecule has 0 aliphatic carbocycles. The van der Waals surface area contributed by atoms with Gasteiger partial charge >= 0.3 is 5.97 Å². The summed E-state index contributed by atoms with van der Waals surface area (Å²) in [5.74, 6) is 0.363. The second kappa shape index (κ2) is 6.90. The van der Waals surface area contributed by atoms with Crippen LogP contribution in [0.3, 0.4) is 0 Å². The van der Waals surface area contributed by atoms with Crippen molar-refractivity contribution in [3.8, 4) is 0 Å². The fraction of sp³-hybridized carbons (Fsp3) is 0.333. The Balaban J connectivity index is 2.79. The van der Waals surface area contributed by atoms with Crippen LogP contribution in [0, 0.1) is 0 Å². The zero-order valence-electron chi connectivity index (χ0n) is 10.4. The maximum atomic E-state index is 11.6. The van der Waals surface area contributed by atoms with Crippen LogP contribution < -0.4 is 11.1 Å². The van der Waals surface area contributed by atoms with Gasteiger partial charge < -0.3 is 15.8 Å². The number of nitrogen functional groups attached to an aromatic ring is 1. The molecule has 0 saturated heterocycles. The van der Waals surface area contributed by atoms with Gasteiger partial charge in [-0.25, -0.2) is 4.79 Å². The number of methoxy groups -OCH3 is 1. The molecule has 1 aromatic rings. The van der Waals surface area contributed by atoms with Crippen molar-refractivity contribution in [1.29, 1.82) is 0 Å². The van der Waals surface area contributed by atoms with Crippen LogP contribution in [-0.2, 0) is 15.3 Å². The fourth-order valence-corrected chi connectivity index (χ4v) is 2.31. The molecule has 1 aromatic carbocycles. The number of carbonyl (C=O) groups is 2. The predicted octanol–water partition coefficient (Wildman–Crippen LogP) is 1.03. The Bertz CT molecular complexity index is 449.